The molecule has 2 N–H and O–H groups in total. The maximum Gasteiger partial charge on any atom is 0.256 e. The Bertz CT molecular complexity index is 594. The van der Waals surface area contributed by atoms with Gasteiger partial charge in [0, 0.05) is 12.7 Å². The van der Waals surface area contributed by atoms with Crippen molar-refractivity contribution in [1.82, 2.24) is 5.32 Å². The van der Waals surface area contributed by atoms with E-state index in [1.54, 1.807) is 36.4 Å². The Morgan fingerprint density at radius 2 is 1.32 bits per heavy atom. The molecule has 0 saturated heterocycles. The molecular weight excluding hydrogens is 240 g/mol. The molecule has 0 aromatic heterocycles. The van der Waals surface area contributed by atoms with Crippen LogP contribution in [0.5, 0.6) is 0 Å². The number of anilines is 1. The fourth-order valence-corrected chi connectivity index (χ4v) is 1.73. The molecule has 0 heterocycles. The first-order chi connectivity index (χ1) is 9.22. The van der Waals surface area contributed by atoms with Gasteiger partial charge in [-0.25, -0.2) is 0 Å². The first-order valence-corrected chi connectivity index (χ1v) is 5.90. The van der Waals surface area contributed by atoms with Crippen molar-refractivity contribution >= 4 is 17.5 Å². The van der Waals surface area contributed by atoms with Gasteiger partial charge in [0.1, 0.15) is 0 Å². The van der Waals surface area contributed by atoms with E-state index in [1.807, 2.05) is 18.2 Å². The van der Waals surface area contributed by atoms with E-state index in [2.05, 4.69) is 10.6 Å². The van der Waals surface area contributed by atoms with Gasteiger partial charge in [0.2, 0.25) is 0 Å². The van der Waals surface area contributed by atoms with Crippen LogP contribution in [0.2, 0.25) is 0 Å². The van der Waals surface area contributed by atoms with Crippen LogP contribution in [0.15, 0.2) is 54.6 Å². The second kappa shape index (κ2) is 5.82. The Hall–Kier alpha value is -2.62. The summed E-state index contributed by atoms with van der Waals surface area (Å²) in [6.45, 7) is 0. The molecule has 0 atom stereocenters. The third-order valence-corrected chi connectivity index (χ3v) is 2.68. The number of para-hydroxylation sites is 1. The molecule has 0 saturated carbocycles. The van der Waals surface area contributed by atoms with Crippen LogP contribution in [0.1, 0.15) is 20.7 Å². The highest BCUT2D eigenvalue weighted by Gasteiger charge is 2.15. The van der Waals surface area contributed by atoms with E-state index < -0.39 is 0 Å². The van der Waals surface area contributed by atoms with Crippen molar-refractivity contribution in [3.8, 4) is 0 Å². The molecule has 19 heavy (non-hydrogen) atoms. The Labute approximate surface area is 111 Å². The summed E-state index contributed by atoms with van der Waals surface area (Å²) in [5.41, 5.74) is 1.41. The zero-order valence-corrected chi connectivity index (χ0v) is 10.5. The summed E-state index contributed by atoms with van der Waals surface area (Å²) < 4.78 is 0. The fourth-order valence-electron chi connectivity index (χ4n) is 1.73. The van der Waals surface area contributed by atoms with Crippen LogP contribution >= 0.6 is 0 Å². The highest BCUT2D eigenvalue weighted by molar-refractivity contribution is 6.12. The molecule has 0 aliphatic heterocycles. The zero-order chi connectivity index (χ0) is 13.7. The van der Waals surface area contributed by atoms with E-state index in [4.69, 9.17) is 0 Å². The maximum atomic E-state index is 12.2. The largest absolute Gasteiger partial charge is 0.355 e. The lowest BCUT2D eigenvalue weighted by atomic mass is 10.1. The topological polar surface area (TPSA) is 58.2 Å². The molecule has 2 aromatic carbocycles. The normalized spacial score (nSPS) is 9.74. The van der Waals surface area contributed by atoms with Gasteiger partial charge in [-0.2, -0.15) is 0 Å². The molecule has 0 aliphatic carbocycles. The second-order valence-electron chi connectivity index (χ2n) is 3.94. The van der Waals surface area contributed by atoms with Crippen LogP contribution in [0, 0.1) is 0 Å². The first-order valence-electron chi connectivity index (χ1n) is 5.90. The van der Waals surface area contributed by atoms with Crippen molar-refractivity contribution in [3.05, 3.63) is 65.7 Å². The molecule has 2 amide bonds. The van der Waals surface area contributed by atoms with Crippen LogP contribution in [-0.4, -0.2) is 18.9 Å². The van der Waals surface area contributed by atoms with Crippen LogP contribution < -0.4 is 10.6 Å². The van der Waals surface area contributed by atoms with Gasteiger partial charge in [-0.3, -0.25) is 9.59 Å². The third kappa shape index (κ3) is 2.98. The standard InChI is InChI=1S/C15H14N2O2/c1-16-14(18)12-9-5-6-10-13(12)15(19)17-11-7-3-2-4-8-11/h2-10H,1H3,(H,16,18)(H,17,19). The summed E-state index contributed by atoms with van der Waals surface area (Å²) in [7, 11) is 1.54. The third-order valence-electron chi connectivity index (χ3n) is 2.68. The Morgan fingerprint density at radius 3 is 1.89 bits per heavy atom. The van der Waals surface area contributed by atoms with Gasteiger partial charge in [-0.1, -0.05) is 30.3 Å². The smallest absolute Gasteiger partial charge is 0.256 e. The minimum absolute atomic E-state index is 0.279. The predicted octanol–water partition coefficient (Wildman–Crippen LogP) is 2.30. The minimum atomic E-state index is -0.301. The average Bonchev–Trinajstić information content (AvgIpc) is 2.47. The SMILES string of the molecule is CNC(=O)c1ccccc1C(=O)Nc1ccccc1. The van der Waals surface area contributed by atoms with E-state index in [-0.39, 0.29) is 11.8 Å². The van der Waals surface area contributed by atoms with Crippen molar-refractivity contribution in [2.24, 2.45) is 0 Å². The molecule has 0 fully saturated rings. The molecule has 0 bridgehead atoms. The van der Waals surface area contributed by atoms with Gasteiger partial charge in [0.05, 0.1) is 11.1 Å². The summed E-state index contributed by atoms with van der Waals surface area (Å²) in [6, 6.07) is 15.8. The van der Waals surface area contributed by atoms with Crippen molar-refractivity contribution in [2.45, 2.75) is 0 Å². The molecule has 2 rings (SSSR count). The molecule has 96 valence electrons. The van der Waals surface area contributed by atoms with E-state index in [0.717, 1.165) is 0 Å². The van der Waals surface area contributed by atoms with Gasteiger partial charge < -0.3 is 10.6 Å². The summed E-state index contributed by atoms with van der Waals surface area (Å²) in [5, 5.41) is 5.28. The summed E-state index contributed by atoms with van der Waals surface area (Å²) in [6.07, 6.45) is 0. The zero-order valence-electron chi connectivity index (χ0n) is 10.5. The van der Waals surface area contributed by atoms with Crippen molar-refractivity contribution in [1.29, 1.82) is 0 Å². The highest BCUT2D eigenvalue weighted by atomic mass is 16.2. The van der Waals surface area contributed by atoms with Crippen molar-refractivity contribution < 1.29 is 9.59 Å². The van der Waals surface area contributed by atoms with Gasteiger partial charge in [0.25, 0.3) is 11.8 Å². The second-order valence-corrected chi connectivity index (χ2v) is 3.94. The molecule has 0 unspecified atom stereocenters. The lowest BCUT2D eigenvalue weighted by Crippen LogP contribution is -2.23. The molecule has 0 radical (unpaired) electrons. The number of hydrogen-bond acceptors (Lipinski definition) is 2. The quantitative estimate of drug-likeness (QED) is 0.883. The molecule has 0 aliphatic rings. The van der Waals surface area contributed by atoms with Crippen molar-refractivity contribution in [2.75, 3.05) is 12.4 Å². The molecule has 0 spiro atoms. The van der Waals surface area contributed by atoms with Crippen molar-refractivity contribution in [3.63, 3.8) is 0 Å². The van der Waals surface area contributed by atoms with Crippen LogP contribution in [0.25, 0.3) is 0 Å². The van der Waals surface area contributed by atoms with Crippen LogP contribution in [0.4, 0.5) is 5.69 Å². The number of nitrogens with one attached hydrogen (secondary N) is 2. The van der Waals surface area contributed by atoms with E-state index in [0.29, 0.717) is 16.8 Å². The maximum absolute atomic E-state index is 12.2. The lowest BCUT2D eigenvalue weighted by Gasteiger charge is -2.09. The predicted molar refractivity (Wildman–Crippen MR) is 74.2 cm³/mol. The molecule has 4 heteroatoms. The van der Waals surface area contributed by atoms with Crippen LogP contribution in [0.3, 0.4) is 0 Å². The Kier molecular flexibility index (Phi) is 3.93. The monoisotopic (exact) mass is 254 g/mol. The van der Waals surface area contributed by atoms with Gasteiger partial charge in [-0.15, -0.1) is 0 Å². The highest BCUT2D eigenvalue weighted by Crippen LogP contribution is 2.12. The lowest BCUT2D eigenvalue weighted by molar-refractivity contribution is 0.0948. The molecular formula is C15H14N2O2. The van der Waals surface area contributed by atoms with E-state index in [1.165, 1.54) is 7.05 Å². The molecule has 4 nitrogen and oxygen atoms in total. The Balaban J connectivity index is 2.27. The van der Waals surface area contributed by atoms with Gasteiger partial charge in [0.15, 0.2) is 0 Å². The number of benzene rings is 2. The summed E-state index contributed by atoms with van der Waals surface area (Å²) in [5.74, 6) is -0.579. The average molecular weight is 254 g/mol. The Morgan fingerprint density at radius 1 is 0.789 bits per heavy atom. The van der Waals surface area contributed by atoms with Crippen LogP contribution in [-0.2, 0) is 0 Å². The van der Waals surface area contributed by atoms with Gasteiger partial charge >= 0.3 is 0 Å². The number of carbonyl (C=O) groups is 2. The fraction of sp³-hybridized carbons (Fsp3) is 0.0667. The van der Waals surface area contributed by atoms with E-state index >= 15 is 0 Å². The number of carbonyl (C=O) groups excluding carboxylic acids is 2. The number of hydrogen-bond donors (Lipinski definition) is 2. The summed E-state index contributed by atoms with van der Waals surface area (Å²) in [4.78, 5) is 23.9. The number of amides is 2. The molecule has 2 aromatic rings. The van der Waals surface area contributed by atoms with Gasteiger partial charge in [-0.05, 0) is 24.3 Å². The van der Waals surface area contributed by atoms with E-state index in [9.17, 15) is 9.59 Å². The first kappa shape index (κ1) is 12.8. The minimum Gasteiger partial charge on any atom is -0.355 e. The number of rotatable bonds is 3. The summed E-state index contributed by atoms with van der Waals surface area (Å²) >= 11 is 0.